The Balaban J connectivity index is 2.17. The van der Waals surface area contributed by atoms with Crippen molar-refractivity contribution in [1.82, 2.24) is 10.6 Å². The normalized spacial score (nSPS) is 24.5. The molecule has 1 rings (SSSR count). The Labute approximate surface area is 92.0 Å². The molecule has 2 unspecified atom stereocenters. The first kappa shape index (κ1) is 12.5. The maximum Gasteiger partial charge on any atom is 0.231 e. The fraction of sp³-hybridized carbons (Fsp3) is 0.909. The van der Waals surface area contributed by atoms with Gasteiger partial charge in [-0.25, -0.2) is 0 Å². The SMILES string of the molecule is CC(CC1CCCCCN1)NCC(N)=O. The molecule has 0 aromatic carbocycles. The third kappa shape index (κ3) is 5.74. The van der Waals surface area contributed by atoms with Crippen LogP contribution in [0.25, 0.3) is 0 Å². The van der Waals surface area contributed by atoms with Gasteiger partial charge in [-0.05, 0) is 32.7 Å². The minimum Gasteiger partial charge on any atom is -0.369 e. The molecule has 15 heavy (non-hydrogen) atoms. The minimum absolute atomic E-state index is 0.282. The molecule has 0 saturated carbocycles. The second-order valence-corrected chi connectivity index (χ2v) is 4.48. The lowest BCUT2D eigenvalue weighted by atomic mass is 10.0. The van der Waals surface area contributed by atoms with Crippen LogP contribution < -0.4 is 16.4 Å². The quantitative estimate of drug-likeness (QED) is 0.618. The first-order valence-electron chi connectivity index (χ1n) is 5.93. The molecule has 2 atom stereocenters. The van der Waals surface area contributed by atoms with Gasteiger partial charge in [0, 0.05) is 12.1 Å². The van der Waals surface area contributed by atoms with Crippen molar-refractivity contribution >= 4 is 5.91 Å². The molecule has 1 aliphatic heterocycles. The lowest BCUT2D eigenvalue weighted by molar-refractivity contribution is -0.117. The van der Waals surface area contributed by atoms with Gasteiger partial charge in [0.25, 0.3) is 0 Å². The summed E-state index contributed by atoms with van der Waals surface area (Å²) < 4.78 is 0. The lowest BCUT2D eigenvalue weighted by Gasteiger charge is -2.20. The van der Waals surface area contributed by atoms with Crippen LogP contribution in [0.15, 0.2) is 0 Å². The first-order chi connectivity index (χ1) is 7.18. The molecule has 1 heterocycles. The summed E-state index contributed by atoms with van der Waals surface area (Å²) in [4.78, 5) is 10.6. The number of hydrogen-bond donors (Lipinski definition) is 3. The Morgan fingerprint density at radius 2 is 2.33 bits per heavy atom. The highest BCUT2D eigenvalue weighted by atomic mass is 16.1. The zero-order chi connectivity index (χ0) is 11.1. The van der Waals surface area contributed by atoms with E-state index in [0.29, 0.717) is 12.1 Å². The highest BCUT2D eigenvalue weighted by Gasteiger charge is 2.14. The van der Waals surface area contributed by atoms with Gasteiger partial charge in [0.2, 0.25) is 5.91 Å². The predicted octanol–water partition coefficient (Wildman–Crippen LogP) is 0.372. The van der Waals surface area contributed by atoms with Gasteiger partial charge >= 0.3 is 0 Å². The Morgan fingerprint density at radius 3 is 3.07 bits per heavy atom. The van der Waals surface area contributed by atoms with E-state index in [-0.39, 0.29) is 12.5 Å². The van der Waals surface area contributed by atoms with Crippen molar-refractivity contribution in [3.63, 3.8) is 0 Å². The molecular weight excluding hydrogens is 190 g/mol. The maximum atomic E-state index is 10.6. The Bertz CT molecular complexity index is 188. The van der Waals surface area contributed by atoms with Gasteiger partial charge in [-0.1, -0.05) is 12.8 Å². The number of carbonyl (C=O) groups excluding carboxylic acids is 1. The van der Waals surface area contributed by atoms with E-state index in [1.807, 2.05) is 0 Å². The molecule has 0 aromatic heterocycles. The van der Waals surface area contributed by atoms with Crippen LogP contribution in [-0.4, -0.2) is 31.1 Å². The standard InChI is InChI=1S/C11H23N3O/c1-9(14-8-11(12)15)7-10-5-3-2-4-6-13-10/h9-10,13-14H,2-8H2,1H3,(H2,12,15). The third-order valence-corrected chi connectivity index (χ3v) is 2.93. The predicted molar refractivity (Wildman–Crippen MR) is 61.5 cm³/mol. The van der Waals surface area contributed by atoms with Gasteiger partial charge < -0.3 is 16.4 Å². The molecule has 1 aliphatic rings. The highest BCUT2D eigenvalue weighted by molar-refractivity contribution is 5.75. The summed E-state index contributed by atoms with van der Waals surface area (Å²) >= 11 is 0. The lowest BCUT2D eigenvalue weighted by Crippen LogP contribution is -2.40. The average Bonchev–Trinajstić information content (AvgIpc) is 2.43. The van der Waals surface area contributed by atoms with Crippen LogP contribution in [0.1, 0.15) is 39.0 Å². The van der Waals surface area contributed by atoms with Crippen LogP contribution in [-0.2, 0) is 4.79 Å². The highest BCUT2D eigenvalue weighted by Crippen LogP contribution is 2.12. The second-order valence-electron chi connectivity index (χ2n) is 4.48. The summed E-state index contributed by atoms with van der Waals surface area (Å²) in [5.41, 5.74) is 5.08. The monoisotopic (exact) mass is 213 g/mol. The van der Waals surface area contributed by atoms with Crippen molar-refractivity contribution in [2.24, 2.45) is 5.73 Å². The van der Waals surface area contributed by atoms with Gasteiger partial charge in [0.15, 0.2) is 0 Å². The number of hydrogen-bond acceptors (Lipinski definition) is 3. The van der Waals surface area contributed by atoms with Crippen molar-refractivity contribution in [1.29, 1.82) is 0 Å². The number of carbonyl (C=O) groups is 1. The summed E-state index contributed by atoms with van der Waals surface area (Å²) in [6.07, 6.45) is 6.28. The molecule has 4 heteroatoms. The molecule has 0 aromatic rings. The fourth-order valence-corrected chi connectivity index (χ4v) is 2.09. The molecule has 4 nitrogen and oxygen atoms in total. The molecule has 1 amide bonds. The molecule has 1 saturated heterocycles. The minimum atomic E-state index is -0.282. The summed E-state index contributed by atoms with van der Waals surface area (Å²) in [6.45, 7) is 3.52. The van der Waals surface area contributed by atoms with E-state index in [2.05, 4.69) is 17.6 Å². The molecular formula is C11H23N3O. The first-order valence-corrected chi connectivity index (χ1v) is 5.93. The fourth-order valence-electron chi connectivity index (χ4n) is 2.09. The van der Waals surface area contributed by atoms with Crippen LogP contribution in [0.4, 0.5) is 0 Å². The maximum absolute atomic E-state index is 10.6. The number of nitrogens with two attached hydrogens (primary N) is 1. The van der Waals surface area contributed by atoms with Crippen LogP contribution >= 0.6 is 0 Å². The van der Waals surface area contributed by atoms with E-state index < -0.39 is 0 Å². The number of rotatable bonds is 5. The molecule has 4 N–H and O–H groups in total. The number of amides is 1. The smallest absolute Gasteiger partial charge is 0.231 e. The summed E-state index contributed by atoms with van der Waals surface area (Å²) in [5.74, 6) is -0.282. The van der Waals surface area contributed by atoms with E-state index in [4.69, 9.17) is 5.73 Å². The third-order valence-electron chi connectivity index (χ3n) is 2.93. The molecule has 0 spiro atoms. The van der Waals surface area contributed by atoms with Gasteiger partial charge in [-0.2, -0.15) is 0 Å². The molecule has 1 fully saturated rings. The molecule has 88 valence electrons. The van der Waals surface area contributed by atoms with Gasteiger partial charge in [-0.15, -0.1) is 0 Å². The Morgan fingerprint density at radius 1 is 1.53 bits per heavy atom. The molecule has 0 radical (unpaired) electrons. The van der Waals surface area contributed by atoms with Crippen LogP contribution in [0.3, 0.4) is 0 Å². The van der Waals surface area contributed by atoms with E-state index in [9.17, 15) is 4.79 Å². The summed E-state index contributed by atoms with van der Waals surface area (Å²) in [7, 11) is 0. The molecule has 0 bridgehead atoms. The van der Waals surface area contributed by atoms with Crippen molar-refractivity contribution in [2.75, 3.05) is 13.1 Å². The second kappa shape index (κ2) is 6.80. The van der Waals surface area contributed by atoms with Gasteiger partial charge in [-0.3, -0.25) is 4.79 Å². The van der Waals surface area contributed by atoms with Crippen molar-refractivity contribution in [3.05, 3.63) is 0 Å². The zero-order valence-electron chi connectivity index (χ0n) is 9.59. The largest absolute Gasteiger partial charge is 0.369 e. The Hall–Kier alpha value is -0.610. The summed E-state index contributed by atoms with van der Waals surface area (Å²) in [6, 6.07) is 0.955. The van der Waals surface area contributed by atoms with Crippen molar-refractivity contribution < 1.29 is 4.79 Å². The van der Waals surface area contributed by atoms with Crippen LogP contribution in [0.2, 0.25) is 0 Å². The van der Waals surface area contributed by atoms with E-state index in [0.717, 1.165) is 13.0 Å². The van der Waals surface area contributed by atoms with Gasteiger partial charge in [0.1, 0.15) is 0 Å². The topological polar surface area (TPSA) is 67.2 Å². The van der Waals surface area contributed by atoms with Crippen molar-refractivity contribution in [3.8, 4) is 0 Å². The van der Waals surface area contributed by atoms with Crippen molar-refractivity contribution in [2.45, 2.75) is 51.1 Å². The van der Waals surface area contributed by atoms with E-state index in [1.165, 1.54) is 25.7 Å². The number of nitrogens with one attached hydrogen (secondary N) is 2. The Kier molecular flexibility index (Phi) is 5.65. The summed E-state index contributed by atoms with van der Waals surface area (Å²) in [5, 5.41) is 6.68. The average molecular weight is 213 g/mol. The van der Waals surface area contributed by atoms with E-state index in [1.54, 1.807) is 0 Å². The molecule has 0 aliphatic carbocycles. The van der Waals surface area contributed by atoms with E-state index >= 15 is 0 Å². The van der Waals surface area contributed by atoms with Crippen LogP contribution in [0, 0.1) is 0 Å². The zero-order valence-corrected chi connectivity index (χ0v) is 9.59. The van der Waals surface area contributed by atoms with Crippen LogP contribution in [0.5, 0.6) is 0 Å². The number of primary amides is 1. The van der Waals surface area contributed by atoms with Gasteiger partial charge in [0.05, 0.1) is 6.54 Å².